The minimum absolute atomic E-state index is 0.142. The molecule has 7 aromatic carbocycles. The molecule has 0 atom stereocenters. The Morgan fingerprint density at radius 1 is 0.319 bits per heavy atom. The Morgan fingerprint density at radius 2 is 0.542 bits per heavy atom. The molecule has 0 aliphatic carbocycles. The van der Waals surface area contributed by atoms with Crippen LogP contribution < -0.4 is 4.46 Å². The molecule has 0 saturated heterocycles. The van der Waals surface area contributed by atoms with Gasteiger partial charge in [-0.3, -0.25) is 0 Å². The monoisotopic (exact) mass is 1040 g/mol. The topological polar surface area (TPSA) is 0 Å². The maximum atomic E-state index is 2.57. The molecule has 0 bridgehead atoms. The van der Waals surface area contributed by atoms with Crippen molar-refractivity contribution in [2.45, 2.75) is 178 Å². The molecule has 0 spiro atoms. The summed E-state index contributed by atoms with van der Waals surface area (Å²) in [7, 11) is 2.16. The summed E-state index contributed by atoms with van der Waals surface area (Å²) in [4.78, 5) is 0. The summed E-state index contributed by atoms with van der Waals surface area (Å²) in [5.41, 5.74) is 27.7. The van der Waals surface area contributed by atoms with Crippen molar-refractivity contribution < 1.29 is 0 Å². The van der Waals surface area contributed by atoms with Crippen molar-refractivity contribution in [1.82, 2.24) is 0 Å². The van der Waals surface area contributed by atoms with Crippen LogP contribution >= 0.6 is 10.2 Å². The quantitative estimate of drug-likeness (QED) is 0.0575. The van der Waals surface area contributed by atoms with E-state index in [-0.39, 0.29) is 13.8 Å². The normalized spacial score (nSPS) is 12.1. The van der Waals surface area contributed by atoms with Gasteiger partial charge in [0.15, 0.2) is 0 Å². The van der Waals surface area contributed by atoms with E-state index in [0.717, 1.165) is 0 Å². The van der Waals surface area contributed by atoms with Crippen LogP contribution in [0.1, 0.15) is 222 Å². The average molecular weight is 1040 g/mol. The molecule has 2 heteroatoms. The van der Waals surface area contributed by atoms with Gasteiger partial charge in [0.05, 0.1) is 0 Å². The molecule has 72 heavy (non-hydrogen) atoms. The second-order valence-electron chi connectivity index (χ2n) is 23.0. The van der Waals surface area contributed by atoms with Gasteiger partial charge in [-0.05, 0) is 0 Å². The van der Waals surface area contributed by atoms with Gasteiger partial charge in [0.2, 0.25) is 0 Å². The SMILES string of the molecule is CCCCS[Se]c1c(-c2cc(-c3c(C(C)C)cccc3C(C)C)cc(-c3c(C(C)C)cccc3C(C)C)c2)cccc1-c1cc(-c2c(C(C)C)cccc2C(C)C)cc(-c2c(C(C)C)cccc2C(C)C)c1. The zero-order valence-corrected chi connectivity index (χ0v) is 49.7. The Balaban J connectivity index is 1.64. The fraction of sp³-hybridized carbons (Fsp3) is 0.400. The number of benzene rings is 7. The van der Waals surface area contributed by atoms with Gasteiger partial charge in [0.25, 0.3) is 0 Å². The average Bonchev–Trinajstić information content (AvgIpc) is 3.36. The van der Waals surface area contributed by atoms with E-state index in [2.05, 4.69) is 255 Å². The third-order valence-electron chi connectivity index (χ3n) is 14.9. The van der Waals surface area contributed by atoms with E-state index in [9.17, 15) is 0 Å². The van der Waals surface area contributed by atoms with E-state index in [1.165, 1.54) is 134 Å². The third-order valence-corrected chi connectivity index (χ3v) is 19.4. The van der Waals surface area contributed by atoms with Gasteiger partial charge in [-0.2, -0.15) is 0 Å². The molecule has 0 N–H and O–H groups in total. The van der Waals surface area contributed by atoms with E-state index < -0.39 is 0 Å². The maximum absolute atomic E-state index is 2.57. The van der Waals surface area contributed by atoms with E-state index in [1.54, 1.807) is 0 Å². The fourth-order valence-corrected chi connectivity index (χ4v) is 15.8. The zero-order chi connectivity index (χ0) is 52.1. The van der Waals surface area contributed by atoms with Gasteiger partial charge in [-0.25, -0.2) is 0 Å². The Kier molecular flexibility index (Phi) is 18.5. The molecule has 0 aromatic heterocycles. The summed E-state index contributed by atoms with van der Waals surface area (Å²) in [6, 6.07) is 50.9. The zero-order valence-electron chi connectivity index (χ0n) is 47.2. The Hall–Kier alpha value is -4.59. The molecule has 0 aliphatic heterocycles. The van der Waals surface area contributed by atoms with E-state index in [0.29, 0.717) is 47.3 Å². The van der Waals surface area contributed by atoms with Crippen molar-refractivity contribution in [3.05, 3.63) is 172 Å². The van der Waals surface area contributed by atoms with Gasteiger partial charge in [-0.15, -0.1) is 0 Å². The Bertz CT molecular complexity index is 2510. The van der Waals surface area contributed by atoms with Crippen molar-refractivity contribution in [2.24, 2.45) is 0 Å². The van der Waals surface area contributed by atoms with Crippen LogP contribution in [0.5, 0.6) is 0 Å². The molecule has 0 heterocycles. The number of hydrogen-bond donors (Lipinski definition) is 0. The standard InChI is InChI=1S/C70H86SSe/c1-18-19-35-71-72-70-64(50-36-52(66-56(42(2)3)25-20-26-57(66)43(4)5)40-53(37-50)67-58(44(6)7)27-21-28-59(67)45(8)9)33-24-34-65(70)51-38-54(68-60(46(10)11)29-22-30-61(68)47(12)13)41-55(39-51)69-62(48(14)15)31-23-32-63(69)49(16)17/h20-34,36-49H,18-19,35H2,1-17H3. The molecular weight excluding hydrogens is 952 g/mol. The van der Waals surface area contributed by atoms with Crippen LogP contribution in [-0.2, 0) is 0 Å². The molecule has 0 amide bonds. The molecule has 378 valence electrons. The minimum atomic E-state index is 0.142. The molecule has 0 nitrogen and oxygen atoms in total. The summed E-state index contributed by atoms with van der Waals surface area (Å²) in [6.45, 7) is 40.2. The number of rotatable bonds is 19. The summed E-state index contributed by atoms with van der Waals surface area (Å²) < 4.78 is 1.49. The molecule has 7 aromatic rings. The Morgan fingerprint density at radius 3 is 0.764 bits per heavy atom. The van der Waals surface area contributed by atoms with Crippen LogP contribution in [0.3, 0.4) is 0 Å². The summed E-state index contributed by atoms with van der Waals surface area (Å²) in [6.07, 6.45) is 2.43. The van der Waals surface area contributed by atoms with Crippen LogP contribution in [0.2, 0.25) is 0 Å². The molecule has 0 radical (unpaired) electrons. The predicted molar refractivity (Wildman–Crippen MR) is 325 cm³/mol. The van der Waals surface area contributed by atoms with E-state index >= 15 is 0 Å². The fourth-order valence-electron chi connectivity index (χ4n) is 11.1. The molecule has 7 rings (SSSR count). The van der Waals surface area contributed by atoms with Crippen molar-refractivity contribution in [2.75, 3.05) is 5.75 Å². The molecule has 0 unspecified atom stereocenters. The first-order valence-corrected chi connectivity index (χ1v) is 31.5. The van der Waals surface area contributed by atoms with Crippen LogP contribution in [0.4, 0.5) is 0 Å². The van der Waals surface area contributed by atoms with Crippen molar-refractivity contribution >= 4 is 28.5 Å². The van der Waals surface area contributed by atoms with Gasteiger partial charge in [0.1, 0.15) is 0 Å². The van der Waals surface area contributed by atoms with Crippen LogP contribution in [-0.4, -0.2) is 19.6 Å². The second kappa shape index (κ2) is 24.2. The van der Waals surface area contributed by atoms with E-state index in [4.69, 9.17) is 0 Å². The van der Waals surface area contributed by atoms with Gasteiger partial charge >= 0.3 is 451 Å². The van der Waals surface area contributed by atoms with Crippen molar-refractivity contribution in [3.63, 3.8) is 0 Å². The van der Waals surface area contributed by atoms with Gasteiger partial charge < -0.3 is 0 Å². The van der Waals surface area contributed by atoms with Crippen LogP contribution in [0.25, 0.3) is 66.8 Å². The molecule has 0 fully saturated rings. The summed E-state index contributed by atoms with van der Waals surface area (Å²) in [5, 5.41) is 0. The first-order chi connectivity index (χ1) is 34.3. The first-order valence-electron chi connectivity index (χ1n) is 27.6. The third kappa shape index (κ3) is 11.8. The predicted octanol–water partition coefficient (Wildman–Crippen LogP) is 21.5. The molecular formula is C70H86SSe. The number of unbranched alkanes of at least 4 members (excludes halogenated alkanes) is 1. The first kappa shape index (κ1) is 55.2. The Labute approximate surface area is 447 Å². The second-order valence-corrected chi connectivity index (χ2v) is 27.2. The van der Waals surface area contributed by atoms with Crippen LogP contribution in [0, 0.1) is 0 Å². The van der Waals surface area contributed by atoms with Gasteiger partial charge in [0, 0.05) is 0 Å². The van der Waals surface area contributed by atoms with Crippen molar-refractivity contribution in [3.8, 4) is 66.8 Å². The molecule has 0 saturated carbocycles. The number of hydrogen-bond acceptors (Lipinski definition) is 1. The van der Waals surface area contributed by atoms with Crippen LogP contribution in [0.15, 0.2) is 127 Å². The molecule has 0 aliphatic rings. The van der Waals surface area contributed by atoms with Crippen molar-refractivity contribution in [1.29, 1.82) is 0 Å². The summed E-state index contributed by atoms with van der Waals surface area (Å²) in [5.74, 6) is 4.22. The van der Waals surface area contributed by atoms with E-state index in [1.807, 2.05) is 0 Å². The summed E-state index contributed by atoms with van der Waals surface area (Å²) >= 11 is 0.142. The van der Waals surface area contributed by atoms with Gasteiger partial charge in [-0.1, -0.05) is 0 Å².